The summed E-state index contributed by atoms with van der Waals surface area (Å²) in [4.78, 5) is 14.0. The van der Waals surface area contributed by atoms with Gasteiger partial charge in [-0.2, -0.15) is 0 Å². The number of hydrogen-bond donors (Lipinski definition) is 2. The van der Waals surface area contributed by atoms with Gasteiger partial charge in [0.25, 0.3) is 0 Å². The van der Waals surface area contributed by atoms with Crippen LogP contribution in [0.15, 0.2) is 42.5 Å². The van der Waals surface area contributed by atoms with Crippen molar-refractivity contribution in [3.05, 3.63) is 54.1 Å². The first-order valence-corrected chi connectivity index (χ1v) is 10.0. The van der Waals surface area contributed by atoms with Gasteiger partial charge in [-0.3, -0.25) is 0 Å². The van der Waals surface area contributed by atoms with Gasteiger partial charge < -0.3 is 25.0 Å². The van der Waals surface area contributed by atoms with Gasteiger partial charge >= 0.3 is 6.03 Å². The third kappa shape index (κ3) is 6.23. The lowest BCUT2D eigenvalue weighted by atomic mass is 10.1. The van der Waals surface area contributed by atoms with E-state index in [1.165, 1.54) is 6.07 Å². The second-order valence-electron chi connectivity index (χ2n) is 7.21. The Bertz CT molecular complexity index is 833. The standard InChI is InChI=1S/C22H27F2N3O3/c1-29-18-4-6-19(7-5-18)30-12-2-10-25-22(28)26-14-16-9-11-27(15-16)17-3-8-20(23)21(24)13-17/h3-8,13,16H,2,9-12,14-15H2,1H3,(H2,25,26,28). The van der Waals surface area contributed by atoms with Crippen molar-refractivity contribution < 1.29 is 23.0 Å². The molecule has 2 aromatic carbocycles. The number of carbonyl (C=O) groups is 1. The number of benzene rings is 2. The van der Waals surface area contributed by atoms with Gasteiger partial charge in [0.1, 0.15) is 11.5 Å². The fraction of sp³-hybridized carbons (Fsp3) is 0.409. The lowest BCUT2D eigenvalue weighted by molar-refractivity contribution is 0.237. The summed E-state index contributed by atoms with van der Waals surface area (Å²) in [5, 5.41) is 5.69. The number of ether oxygens (including phenoxy) is 2. The smallest absolute Gasteiger partial charge is 0.314 e. The van der Waals surface area contributed by atoms with E-state index in [-0.39, 0.29) is 11.9 Å². The van der Waals surface area contributed by atoms with Crippen LogP contribution in [0.1, 0.15) is 12.8 Å². The summed E-state index contributed by atoms with van der Waals surface area (Å²) in [5.74, 6) is 0.108. The normalized spacial score (nSPS) is 15.7. The van der Waals surface area contributed by atoms with Gasteiger partial charge in [0.05, 0.1) is 13.7 Å². The first kappa shape index (κ1) is 21.7. The van der Waals surface area contributed by atoms with Crippen LogP contribution in [-0.4, -0.2) is 45.9 Å². The molecule has 8 heteroatoms. The van der Waals surface area contributed by atoms with Crippen LogP contribution in [-0.2, 0) is 0 Å². The van der Waals surface area contributed by atoms with Crippen molar-refractivity contribution in [1.29, 1.82) is 0 Å². The van der Waals surface area contributed by atoms with E-state index >= 15 is 0 Å². The number of rotatable bonds is 9. The van der Waals surface area contributed by atoms with Gasteiger partial charge in [0.2, 0.25) is 0 Å². The summed E-state index contributed by atoms with van der Waals surface area (Å²) in [7, 11) is 1.61. The molecule has 1 saturated heterocycles. The first-order chi connectivity index (χ1) is 14.5. The van der Waals surface area contributed by atoms with Gasteiger partial charge in [-0.25, -0.2) is 13.6 Å². The number of amides is 2. The first-order valence-electron chi connectivity index (χ1n) is 10.0. The molecule has 0 radical (unpaired) electrons. The van der Waals surface area contributed by atoms with E-state index in [4.69, 9.17) is 9.47 Å². The Morgan fingerprint density at radius 2 is 1.87 bits per heavy atom. The van der Waals surface area contributed by atoms with Gasteiger partial charge in [0.15, 0.2) is 11.6 Å². The second kappa shape index (κ2) is 10.7. The number of urea groups is 1. The maximum atomic E-state index is 13.4. The molecule has 6 nitrogen and oxygen atoms in total. The average Bonchev–Trinajstić information content (AvgIpc) is 3.23. The summed E-state index contributed by atoms with van der Waals surface area (Å²) in [6.45, 7) is 2.99. The SMILES string of the molecule is COc1ccc(OCCCNC(=O)NCC2CCN(c3ccc(F)c(F)c3)C2)cc1. The molecule has 0 aromatic heterocycles. The van der Waals surface area contributed by atoms with Crippen molar-refractivity contribution in [2.45, 2.75) is 12.8 Å². The highest BCUT2D eigenvalue weighted by atomic mass is 19.2. The highest BCUT2D eigenvalue weighted by Gasteiger charge is 2.23. The molecule has 0 saturated carbocycles. The third-order valence-corrected chi connectivity index (χ3v) is 5.04. The zero-order valence-corrected chi connectivity index (χ0v) is 17.0. The molecule has 2 N–H and O–H groups in total. The van der Waals surface area contributed by atoms with E-state index in [0.717, 1.165) is 30.5 Å². The Kier molecular flexibility index (Phi) is 7.70. The van der Waals surface area contributed by atoms with E-state index in [2.05, 4.69) is 10.6 Å². The molecule has 1 aliphatic heterocycles. The Morgan fingerprint density at radius 1 is 1.10 bits per heavy atom. The summed E-state index contributed by atoms with van der Waals surface area (Å²) < 4.78 is 37.2. The van der Waals surface area contributed by atoms with Gasteiger partial charge in [-0.05, 0) is 55.2 Å². The number of nitrogens with one attached hydrogen (secondary N) is 2. The molecule has 0 bridgehead atoms. The second-order valence-corrected chi connectivity index (χ2v) is 7.21. The molecule has 0 aliphatic carbocycles. The van der Waals surface area contributed by atoms with Crippen LogP contribution in [0.3, 0.4) is 0 Å². The molecule has 2 aromatic rings. The van der Waals surface area contributed by atoms with Crippen LogP contribution in [0.4, 0.5) is 19.3 Å². The zero-order valence-electron chi connectivity index (χ0n) is 17.0. The highest BCUT2D eigenvalue weighted by molar-refractivity contribution is 5.73. The van der Waals surface area contributed by atoms with E-state index < -0.39 is 11.6 Å². The summed E-state index contributed by atoms with van der Waals surface area (Å²) in [6, 6.07) is 11.1. The number of hydrogen-bond acceptors (Lipinski definition) is 4. The largest absolute Gasteiger partial charge is 0.497 e. The van der Waals surface area contributed by atoms with E-state index in [9.17, 15) is 13.6 Å². The maximum Gasteiger partial charge on any atom is 0.314 e. The lowest BCUT2D eigenvalue weighted by Crippen LogP contribution is -2.39. The summed E-state index contributed by atoms with van der Waals surface area (Å²) in [6.07, 6.45) is 1.57. The molecule has 1 unspecified atom stereocenters. The Hall–Kier alpha value is -3.03. The predicted molar refractivity (Wildman–Crippen MR) is 111 cm³/mol. The number of anilines is 1. The Balaban J connectivity index is 1.28. The molecule has 3 rings (SSSR count). The Labute approximate surface area is 175 Å². The predicted octanol–water partition coefficient (Wildman–Crippen LogP) is 3.57. The zero-order chi connectivity index (χ0) is 21.3. The molecule has 1 fully saturated rings. The molecule has 1 aliphatic rings. The fourth-order valence-corrected chi connectivity index (χ4v) is 3.35. The lowest BCUT2D eigenvalue weighted by Gasteiger charge is -2.19. The van der Waals surface area contributed by atoms with Crippen LogP contribution in [0.5, 0.6) is 11.5 Å². The topological polar surface area (TPSA) is 62.8 Å². The summed E-state index contributed by atoms with van der Waals surface area (Å²) in [5.41, 5.74) is 0.665. The fourth-order valence-electron chi connectivity index (χ4n) is 3.35. The minimum Gasteiger partial charge on any atom is -0.497 e. The van der Waals surface area contributed by atoms with Crippen molar-refractivity contribution >= 4 is 11.7 Å². The number of nitrogens with zero attached hydrogens (tertiary/aromatic N) is 1. The van der Waals surface area contributed by atoms with E-state index in [0.29, 0.717) is 38.3 Å². The molecule has 162 valence electrons. The van der Waals surface area contributed by atoms with Crippen LogP contribution in [0.2, 0.25) is 0 Å². The monoisotopic (exact) mass is 419 g/mol. The van der Waals surface area contributed by atoms with E-state index in [1.807, 2.05) is 29.2 Å². The molecule has 1 atom stereocenters. The van der Waals surface area contributed by atoms with Crippen LogP contribution in [0, 0.1) is 17.6 Å². The van der Waals surface area contributed by atoms with Crippen LogP contribution >= 0.6 is 0 Å². The number of methoxy groups -OCH3 is 1. The number of halogens is 2. The molecule has 1 heterocycles. The quantitative estimate of drug-likeness (QED) is 0.610. The van der Waals surface area contributed by atoms with E-state index in [1.54, 1.807) is 13.2 Å². The molecular formula is C22H27F2N3O3. The van der Waals surface area contributed by atoms with Gasteiger partial charge in [-0.15, -0.1) is 0 Å². The van der Waals surface area contributed by atoms with Gasteiger partial charge in [-0.1, -0.05) is 0 Å². The average molecular weight is 419 g/mol. The molecule has 0 spiro atoms. The molecule has 30 heavy (non-hydrogen) atoms. The Morgan fingerprint density at radius 3 is 2.60 bits per heavy atom. The van der Waals surface area contributed by atoms with Crippen molar-refractivity contribution in [2.24, 2.45) is 5.92 Å². The molecule has 2 amide bonds. The number of carbonyl (C=O) groups excluding carboxylic acids is 1. The van der Waals surface area contributed by atoms with Gasteiger partial charge in [0, 0.05) is 37.9 Å². The van der Waals surface area contributed by atoms with Crippen LogP contribution in [0.25, 0.3) is 0 Å². The third-order valence-electron chi connectivity index (χ3n) is 5.04. The summed E-state index contributed by atoms with van der Waals surface area (Å²) >= 11 is 0. The van der Waals surface area contributed by atoms with Crippen molar-refractivity contribution in [1.82, 2.24) is 10.6 Å². The molecular weight excluding hydrogens is 392 g/mol. The minimum absolute atomic E-state index is 0.217. The van der Waals surface area contributed by atoms with Crippen LogP contribution < -0.4 is 25.0 Å². The minimum atomic E-state index is -0.845. The van der Waals surface area contributed by atoms with Crippen molar-refractivity contribution in [2.75, 3.05) is 44.8 Å². The highest BCUT2D eigenvalue weighted by Crippen LogP contribution is 2.25. The maximum absolute atomic E-state index is 13.4. The van der Waals surface area contributed by atoms with Crippen molar-refractivity contribution in [3.63, 3.8) is 0 Å². The van der Waals surface area contributed by atoms with Crippen molar-refractivity contribution in [3.8, 4) is 11.5 Å².